The molecule has 0 saturated heterocycles. The monoisotopic (exact) mass is 280 g/mol. The number of hydrogen-bond donors (Lipinski definition) is 0. The summed E-state index contributed by atoms with van der Waals surface area (Å²) < 4.78 is 56.8. The molecule has 0 aliphatic heterocycles. The van der Waals surface area contributed by atoms with Crippen LogP contribution in [0, 0.1) is 0 Å². The second-order valence-electron chi connectivity index (χ2n) is 2.39. The quantitative estimate of drug-likeness (QED) is 0.481. The summed E-state index contributed by atoms with van der Waals surface area (Å²) in [6.45, 7) is 9.16. The first-order chi connectivity index (χ1) is 7.97. The molecule has 1 nitrogen and oxygen atoms in total. The van der Waals surface area contributed by atoms with Crippen LogP contribution in [0.2, 0.25) is 0 Å². The molecule has 0 unspecified atom stereocenters. The van der Waals surface area contributed by atoms with Gasteiger partial charge in [0.05, 0.1) is 12.1 Å². The molecule has 0 aromatic heterocycles. The Hall–Kier alpha value is -0.560. The van der Waals surface area contributed by atoms with E-state index in [0.717, 1.165) is 31.5 Å². The van der Waals surface area contributed by atoms with E-state index in [-0.39, 0.29) is 12.1 Å². The van der Waals surface area contributed by atoms with Gasteiger partial charge < -0.3 is 4.74 Å². The summed E-state index contributed by atoms with van der Waals surface area (Å²) >= 11 is 0.120. The van der Waals surface area contributed by atoms with Gasteiger partial charge in [-0.2, -0.15) is 21.4 Å². The van der Waals surface area contributed by atoms with E-state index in [1.807, 2.05) is 0 Å². The molecule has 104 valence electrons. The van der Waals surface area contributed by atoms with E-state index in [1.165, 1.54) is 0 Å². The van der Waals surface area contributed by atoms with Crippen LogP contribution >= 0.6 is 12.1 Å². The fourth-order valence-electron chi connectivity index (χ4n) is 0.391. The van der Waals surface area contributed by atoms with Gasteiger partial charge in [0.15, 0.2) is 0 Å². The van der Waals surface area contributed by atoms with Crippen molar-refractivity contribution in [2.45, 2.75) is 26.7 Å². The molecular formula is C10H17F5OS. The smallest absolute Gasteiger partial charge is 0.334 e. The van der Waals surface area contributed by atoms with E-state index in [4.69, 9.17) is 4.74 Å². The van der Waals surface area contributed by atoms with Gasteiger partial charge in [-0.3, -0.25) is 0 Å². The van der Waals surface area contributed by atoms with Gasteiger partial charge in [-0.15, -0.1) is 0 Å². The average Bonchev–Trinajstić information content (AvgIpc) is 2.31. The van der Waals surface area contributed by atoms with E-state index < -0.39 is 12.2 Å². The predicted octanol–water partition coefficient (Wildman–Crippen LogP) is 5.56. The highest BCUT2D eigenvalue weighted by Gasteiger charge is 1.98. The highest BCUT2D eigenvalue weighted by atomic mass is 32.2. The Morgan fingerprint density at radius 2 is 1.35 bits per heavy atom. The minimum Gasteiger partial charge on any atom is -0.381 e. The summed E-state index contributed by atoms with van der Waals surface area (Å²) in [6.07, 6.45) is -3.54. The molecular weight excluding hydrogens is 263 g/mol. The summed E-state index contributed by atoms with van der Waals surface area (Å²) in [7, 11) is 0. The molecule has 0 aliphatic carbocycles. The molecule has 0 fully saturated rings. The van der Waals surface area contributed by atoms with Crippen molar-refractivity contribution >= 4 is 12.1 Å². The first-order valence-corrected chi connectivity index (χ1v) is 5.58. The van der Waals surface area contributed by atoms with Crippen molar-refractivity contribution in [3.8, 4) is 0 Å². The Balaban J connectivity index is -0.000000180. The molecule has 0 radical (unpaired) electrons. The van der Waals surface area contributed by atoms with Crippen molar-refractivity contribution in [2.75, 3.05) is 13.2 Å². The molecule has 0 amide bonds. The van der Waals surface area contributed by atoms with Gasteiger partial charge in [-0.05, 0) is 18.2 Å². The van der Waals surface area contributed by atoms with E-state index >= 15 is 0 Å². The number of ether oxygens (including phenoxy) is 1. The lowest BCUT2D eigenvalue weighted by Crippen LogP contribution is -1.92. The van der Waals surface area contributed by atoms with Crippen LogP contribution in [0.1, 0.15) is 26.7 Å². The van der Waals surface area contributed by atoms with Crippen molar-refractivity contribution in [1.29, 1.82) is 0 Å². The lowest BCUT2D eigenvalue weighted by atomic mass is 10.5. The molecule has 0 rings (SSSR count). The zero-order valence-corrected chi connectivity index (χ0v) is 10.6. The van der Waals surface area contributed by atoms with Crippen LogP contribution < -0.4 is 0 Å². The SMILES string of the molecule is C=CSF.CCCOCCC.FC(F)=C(F)F. The topological polar surface area (TPSA) is 9.23 Å². The highest BCUT2D eigenvalue weighted by molar-refractivity contribution is 7.97. The zero-order chi connectivity index (χ0) is 14.1. The standard InChI is InChI=1S/C6H14O.C2F4.C2H3FS/c1-3-5-7-6-4-2;3-1(4)2(5)6;1-2-4-3/h3-6H2,1-2H3;;2H,1H2. The molecule has 0 bridgehead atoms. The summed E-state index contributed by atoms with van der Waals surface area (Å²) in [5.74, 6) is 0. The van der Waals surface area contributed by atoms with Crippen LogP contribution in [0.25, 0.3) is 0 Å². The Bertz CT molecular complexity index is 166. The normalized spacial score (nSPS) is 8.18. The third-order valence-corrected chi connectivity index (χ3v) is 1.03. The lowest BCUT2D eigenvalue weighted by molar-refractivity contribution is 0.135. The fraction of sp³-hybridized carbons (Fsp3) is 0.600. The van der Waals surface area contributed by atoms with E-state index in [2.05, 4.69) is 20.4 Å². The van der Waals surface area contributed by atoms with Gasteiger partial charge in [0.25, 0.3) is 0 Å². The van der Waals surface area contributed by atoms with Crippen LogP contribution in [0.15, 0.2) is 24.1 Å². The minimum absolute atomic E-state index is 0.120. The van der Waals surface area contributed by atoms with Gasteiger partial charge in [-0.25, -0.2) is 0 Å². The van der Waals surface area contributed by atoms with Crippen LogP contribution in [0.3, 0.4) is 0 Å². The largest absolute Gasteiger partial charge is 0.381 e. The van der Waals surface area contributed by atoms with Crippen LogP contribution in [-0.2, 0) is 4.74 Å². The van der Waals surface area contributed by atoms with Crippen LogP contribution in [-0.4, -0.2) is 13.2 Å². The second-order valence-corrected chi connectivity index (χ2v) is 2.90. The maximum atomic E-state index is 10.5. The van der Waals surface area contributed by atoms with E-state index in [9.17, 15) is 21.4 Å². The Morgan fingerprint density at radius 1 is 1.06 bits per heavy atom. The van der Waals surface area contributed by atoms with Crippen molar-refractivity contribution < 1.29 is 26.2 Å². The third kappa shape index (κ3) is 39.2. The third-order valence-electron chi connectivity index (χ3n) is 0.903. The number of hydrogen-bond acceptors (Lipinski definition) is 2. The first-order valence-electron chi connectivity index (χ1n) is 4.80. The second kappa shape index (κ2) is 20.8. The fourth-order valence-corrected chi connectivity index (χ4v) is 0.391. The predicted molar refractivity (Wildman–Crippen MR) is 61.8 cm³/mol. The van der Waals surface area contributed by atoms with E-state index in [1.54, 1.807) is 0 Å². The Labute approximate surface area is 103 Å². The molecule has 0 aromatic rings. The summed E-state index contributed by atoms with van der Waals surface area (Å²) in [6, 6.07) is 0. The molecule has 17 heavy (non-hydrogen) atoms. The van der Waals surface area contributed by atoms with Gasteiger partial charge in [0.1, 0.15) is 0 Å². The summed E-state index contributed by atoms with van der Waals surface area (Å²) in [4.78, 5) is 0. The maximum Gasteiger partial charge on any atom is 0.334 e. The molecule has 0 atom stereocenters. The van der Waals surface area contributed by atoms with Gasteiger partial charge in [0, 0.05) is 13.2 Å². The summed E-state index contributed by atoms with van der Waals surface area (Å²) in [5, 5.41) is 1.12. The molecule has 0 heterocycles. The lowest BCUT2D eigenvalue weighted by Gasteiger charge is -1.95. The van der Waals surface area contributed by atoms with Crippen molar-refractivity contribution in [3.05, 3.63) is 24.1 Å². The maximum absolute atomic E-state index is 10.5. The molecule has 0 saturated carbocycles. The Kier molecular flexibility index (Phi) is 26.6. The molecule has 0 N–H and O–H groups in total. The highest BCUT2D eigenvalue weighted by Crippen LogP contribution is 2.08. The molecule has 0 spiro atoms. The van der Waals surface area contributed by atoms with Crippen LogP contribution in [0.5, 0.6) is 0 Å². The van der Waals surface area contributed by atoms with Crippen molar-refractivity contribution in [1.82, 2.24) is 0 Å². The average molecular weight is 280 g/mol. The van der Waals surface area contributed by atoms with Crippen molar-refractivity contribution in [2.24, 2.45) is 0 Å². The Morgan fingerprint density at radius 3 is 1.47 bits per heavy atom. The number of rotatable bonds is 5. The van der Waals surface area contributed by atoms with Crippen molar-refractivity contribution in [3.63, 3.8) is 0 Å². The van der Waals surface area contributed by atoms with Crippen LogP contribution in [0.4, 0.5) is 21.4 Å². The molecule has 0 aliphatic rings. The van der Waals surface area contributed by atoms with Gasteiger partial charge >= 0.3 is 12.2 Å². The summed E-state index contributed by atoms with van der Waals surface area (Å²) in [5.41, 5.74) is 0. The number of halogens is 5. The van der Waals surface area contributed by atoms with Gasteiger partial charge in [-0.1, -0.05) is 20.4 Å². The van der Waals surface area contributed by atoms with Gasteiger partial charge in [0.2, 0.25) is 0 Å². The first kappa shape index (κ1) is 21.7. The van der Waals surface area contributed by atoms with E-state index in [0.29, 0.717) is 0 Å². The minimum atomic E-state index is -2.91. The molecule has 0 aromatic carbocycles. The zero-order valence-electron chi connectivity index (χ0n) is 9.82. The molecule has 7 heteroatoms.